The van der Waals surface area contributed by atoms with Crippen LogP contribution in [0.3, 0.4) is 0 Å². The summed E-state index contributed by atoms with van der Waals surface area (Å²) in [6, 6.07) is 2.36. The van der Waals surface area contributed by atoms with Gasteiger partial charge >= 0.3 is 0 Å². The van der Waals surface area contributed by atoms with Gasteiger partial charge in [0.15, 0.2) is 0 Å². The molecule has 0 unspecified atom stereocenters. The summed E-state index contributed by atoms with van der Waals surface area (Å²) in [7, 11) is 0. The summed E-state index contributed by atoms with van der Waals surface area (Å²) in [6.45, 7) is 2.91. The molecule has 1 fully saturated rings. The number of aromatic nitrogens is 1. The van der Waals surface area contributed by atoms with Gasteiger partial charge in [0.25, 0.3) is 0 Å². The van der Waals surface area contributed by atoms with Gasteiger partial charge in [-0.05, 0) is 37.3 Å². The Morgan fingerprint density at radius 1 is 1.47 bits per heavy atom. The normalized spacial score (nSPS) is 21.4. The van der Waals surface area contributed by atoms with Crippen molar-refractivity contribution >= 4 is 6.41 Å². The highest BCUT2D eigenvalue weighted by atomic mass is 16.1. The number of aryl methyl sites for hydroxylation is 1. The number of likely N-dealkylation sites (tertiary alicyclic amines) is 1. The predicted molar refractivity (Wildman–Crippen MR) is 58.3 cm³/mol. The SMILES string of the molecule is Cc1cncc([C@H]2CCCCN2C=O)c1. The minimum Gasteiger partial charge on any atom is -0.338 e. The van der Waals surface area contributed by atoms with E-state index < -0.39 is 0 Å². The number of nitrogens with zero attached hydrogens (tertiary/aromatic N) is 2. The van der Waals surface area contributed by atoms with Crippen LogP contribution in [-0.4, -0.2) is 22.8 Å². The molecule has 1 aromatic rings. The zero-order valence-electron chi connectivity index (χ0n) is 9.02. The lowest BCUT2D eigenvalue weighted by Crippen LogP contribution is -2.32. The molecule has 1 aromatic heterocycles. The number of hydrogen-bond donors (Lipinski definition) is 0. The summed E-state index contributed by atoms with van der Waals surface area (Å²) in [5.41, 5.74) is 2.32. The van der Waals surface area contributed by atoms with E-state index in [0.29, 0.717) is 0 Å². The van der Waals surface area contributed by atoms with E-state index in [9.17, 15) is 4.79 Å². The number of carbonyl (C=O) groups excluding carboxylic acids is 1. The second kappa shape index (κ2) is 4.43. The van der Waals surface area contributed by atoms with Gasteiger partial charge in [-0.25, -0.2) is 0 Å². The first kappa shape index (κ1) is 10.1. The first-order valence-electron chi connectivity index (χ1n) is 5.44. The Balaban J connectivity index is 2.23. The standard InChI is InChI=1S/C12H16N2O/c1-10-6-11(8-13-7-10)12-4-2-3-5-14(12)9-15/h6-9,12H,2-5H2,1H3/t12-/m1/s1. The van der Waals surface area contributed by atoms with Gasteiger partial charge in [-0.3, -0.25) is 9.78 Å². The van der Waals surface area contributed by atoms with Crippen LogP contribution >= 0.6 is 0 Å². The molecule has 0 spiro atoms. The number of amides is 1. The van der Waals surface area contributed by atoms with E-state index >= 15 is 0 Å². The minimum absolute atomic E-state index is 0.239. The molecule has 3 nitrogen and oxygen atoms in total. The molecule has 2 rings (SSSR count). The molecule has 1 atom stereocenters. The van der Waals surface area contributed by atoms with Gasteiger partial charge in [-0.1, -0.05) is 6.07 Å². The van der Waals surface area contributed by atoms with Gasteiger partial charge in [0.1, 0.15) is 0 Å². The van der Waals surface area contributed by atoms with Crippen LogP contribution in [0.15, 0.2) is 18.5 Å². The largest absolute Gasteiger partial charge is 0.338 e. The Labute approximate surface area is 90.1 Å². The van der Waals surface area contributed by atoms with Crippen molar-refractivity contribution in [3.05, 3.63) is 29.6 Å². The maximum atomic E-state index is 10.9. The fourth-order valence-corrected chi connectivity index (χ4v) is 2.20. The molecular weight excluding hydrogens is 188 g/mol. The van der Waals surface area contributed by atoms with E-state index in [1.165, 1.54) is 12.0 Å². The summed E-state index contributed by atoms with van der Waals surface area (Å²) in [4.78, 5) is 17.0. The molecular formula is C12H16N2O. The summed E-state index contributed by atoms with van der Waals surface area (Å²) in [6.07, 6.45) is 8.06. The van der Waals surface area contributed by atoms with Crippen LogP contribution in [0.25, 0.3) is 0 Å². The first-order valence-corrected chi connectivity index (χ1v) is 5.44. The van der Waals surface area contributed by atoms with Crippen molar-refractivity contribution in [2.45, 2.75) is 32.2 Å². The molecule has 1 saturated heterocycles. The Morgan fingerprint density at radius 3 is 3.07 bits per heavy atom. The van der Waals surface area contributed by atoms with Crippen LogP contribution in [-0.2, 0) is 4.79 Å². The van der Waals surface area contributed by atoms with Crippen molar-refractivity contribution in [1.82, 2.24) is 9.88 Å². The minimum atomic E-state index is 0.239. The quantitative estimate of drug-likeness (QED) is 0.691. The van der Waals surface area contributed by atoms with Crippen molar-refractivity contribution in [3.8, 4) is 0 Å². The topological polar surface area (TPSA) is 33.2 Å². The summed E-state index contributed by atoms with van der Waals surface area (Å²) < 4.78 is 0. The number of pyridine rings is 1. The molecule has 1 amide bonds. The molecule has 0 aliphatic carbocycles. The monoisotopic (exact) mass is 204 g/mol. The molecule has 0 bridgehead atoms. The van der Waals surface area contributed by atoms with Crippen molar-refractivity contribution in [2.24, 2.45) is 0 Å². The molecule has 2 heterocycles. The molecule has 3 heteroatoms. The zero-order valence-corrected chi connectivity index (χ0v) is 9.02. The Kier molecular flexibility index (Phi) is 2.99. The summed E-state index contributed by atoms with van der Waals surface area (Å²) in [5.74, 6) is 0. The molecule has 0 saturated carbocycles. The Bertz CT molecular complexity index is 351. The molecule has 80 valence electrons. The summed E-state index contributed by atoms with van der Waals surface area (Å²) in [5, 5.41) is 0. The van der Waals surface area contributed by atoms with Crippen molar-refractivity contribution in [1.29, 1.82) is 0 Å². The average Bonchev–Trinajstić information content (AvgIpc) is 2.29. The number of carbonyl (C=O) groups is 1. The van der Waals surface area contributed by atoms with Gasteiger partial charge in [-0.2, -0.15) is 0 Å². The van der Waals surface area contributed by atoms with E-state index in [1.807, 2.05) is 24.2 Å². The van der Waals surface area contributed by atoms with Gasteiger partial charge in [0.2, 0.25) is 6.41 Å². The highest BCUT2D eigenvalue weighted by Gasteiger charge is 2.22. The fraction of sp³-hybridized carbons (Fsp3) is 0.500. The highest BCUT2D eigenvalue weighted by molar-refractivity contribution is 5.49. The molecule has 0 aromatic carbocycles. The second-order valence-corrected chi connectivity index (χ2v) is 4.15. The molecule has 1 aliphatic rings. The third-order valence-corrected chi connectivity index (χ3v) is 2.96. The lowest BCUT2D eigenvalue weighted by Gasteiger charge is -2.32. The van der Waals surface area contributed by atoms with Crippen LogP contribution in [0.1, 0.15) is 36.4 Å². The lowest BCUT2D eigenvalue weighted by atomic mass is 9.96. The van der Waals surface area contributed by atoms with Crippen LogP contribution in [0.2, 0.25) is 0 Å². The maximum absolute atomic E-state index is 10.9. The fourth-order valence-electron chi connectivity index (χ4n) is 2.20. The second-order valence-electron chi connectivity index (χ2n) is 4.15. The van der Waals surface area contributed by atoms with Crippen LogP contribution < -0.4 is 0 Å². The van der Waals surface area contributed by atoms with Gasteiger partial charge < -0.3 is 4.90 Å². The summed E-state index contributed by atoms with van der Waals surface area (Å²) >= 11 is 0. The zero-order chi connectivity index (χ0) is 10.7. The van der Waals surface area contributed by atoms with Gasteiger partial charge in [0, 0.05) is 18.9 Å². The first-order chi connectivity index (χ1) is 7.31. The average molecular weight is 204 g/mol. The van der Waals surface area contributed by atoms with E-state index in [0.717, 1.165) is 31.4 Å². The number of hydrogen-bond acceptors (Lipinski definition) is 2. The highest BCUT2D eigenvalue weighted by Crippen LogP contribution is 2.29. The van der Waals surface area contributed by atoms with Crippen molar-refractivity contribution < 1.29 is 4.79 Å². The molecule has 15 heavy (non-hydrogen) atoms. The van der Waals surface area contributed by atoms with Crippen LogP contribution in [0, 0.1) is 6.92 Å². The third-order valence-electron chi connectivity index (χ3n) is 2.96. The Morgan fingerprint density at radius 2 is 2.33 bits per heavy atom. The molecule has 0 N–H and O–H groups in total. The van der Waals surface area contributed by atoms with Crippen LogP contribution in [0.4, 0.5) is 0 Å². The predicted octanol–water partition coefficient (Wildman–Crippen LogP) is 2.07. The third kappa shape index (κ3) is 2.17. The number of rotatable bonds is 2. The van der Waals surface area contributed by atoms with Crippen LogP contribution in [0.5, 0.6) is 0 Å². The lowest BCUT2D eigenvalue weighted by molar-refractivity contribution is -0.121. The number of piperidine rings is 1. The molecule has 1 aliphatic heterocycles. The Hall–Kier alpha value is -1.38. The van der Waals surface area contributed by atoms with Gasteiger partial charge in [0.05, 0.1) is 6.04 Å². The van der Waals surface area contributed by atoms with Crippen molar-refractivity contribution in [2.75, 3.05) is 6.54 Å². The molecule has 0 radical (unpaired) electrons. The van der Waals surface area contributed by atoms with Gasteiger partial charge in [-0.15, -0.1) is 0 Å². The smallest absolute Gasteiger partial charge is 0.210 e. The van der Waals surface area contributed by atoms with E-state index in [-0.39, 0.29) is 6.04 Å². The van der Waals surface area contributed by atoms with Crippen molar-refractivity contribution in [3.63, 3.8) is 0 Å². The van der Waals surface area contributed by atoms with E-state index in [4.69, 9.17) is 0 Å². The maximum Gasteiger partial charge on any atom is 0.210 e. The van der Waals surface area contributed by atoms with E-state index in [1.54, 1.807) is 0 Å². The van der Waals surface area contributed by atoms with E-state index in [2.05, 4.69) is 11.1 Å².